The smallest absolute Gasteiger partial charge is 0.255 e. The van der Waals surface area contributed by atoms with E-state index in [1.54, 1.807) is 30.0 Å². The van der Waals surface area contributed by atoms with Crippen molar-refractivity contribution in [3.63, 3.8) is 0 Å². The molecule has 0 bridgehead atoms. The Hall–Kier alpha value is -3.58. The molecule has 37 heavy (non-hydrogen) atoms. The zero-order valence-corrected chi connectivity index (χ0v) is 22.0. The van der Waals surface area contributed by atoms with Gasteiger partial charge in [-0.15, -0.1) is 10.2 Å². The van der Waals surface area contributed by atoms with E-state index in [0.29, 0.717) is 33.6 Å². The van der Waals surface area contributed by atoms with E-state index in [1.165, 1.54) is 0 Å². The van der Waals surface area contributed by atoms with Crippen molar-refractivity contribution in [3.8, 4) is 11.4 Å². The van der Waals surface area contributed by atoms with E-state index in [9.17, 15) is 4.79 Å². The summed E-state index contributed by atoms with van der Waals surface area (Å²) in [6.07, 6.45) is 0. The molecule has 5 aromatic rings. The highest BCUT2D eigenvalue weighted by Gasteiger charge is 2.16. The molecule has 0 radical (unpaired) electrons. The Morgan fingerprint density at radius 1 is 0.838 bits per heavy atom. The third-order valence-corrected chi connectivity index (χ3v) is 7.31. The quantitative estimate of drug-likeness (QED) is 0.202. The normalized spacial score (nSPS) is 10.9. The van der Waals surface area contributed by atoms with Gasteiger partial charge in [0.1, 0.15) is 0 Å². The number of amides is 1. The van der Waals surface area contributed by atoms with Crippen molar-refractivity contribution in [2.75, 3.05) is 5.32 Å². The molecule has 4 aromatic carbocycles. The molecular weight excluding hydrogens is 523 g/mol. The number of carbonyl (C=O) groups is 1. The number of anilines is 1. The van der Waals surface area contributed by atoms with Gasteiger partial charge in [-0.25, -0.2) is 0 Å². The number of hydrogen-bond donors (Lipinski definition) is 1. The van der Waals surface area contributed by atoms with Gasteiger partial charge in [0.15, 0.2) is 11.0 Å². The fourth-order valence-corrected chi connectivity index (χ4v) is 5.29. The molecule has 0 saturated carbocycles. The molecule has 1 aromatic heterocycles. The standard InChI is InChI=1S/C29H22Cl2N4OS/c30-24-14-11-23(26(31)17-24)19-37-29-34-33-27(35(29)18-20-7-3-1-4-8-20)21-12-15-25(16-13-21)32-28(36)22-9-5-2-6-10-22/h1-17H,18-19H2,(H,32,36). The van der Waals surface area contributed by atoms with Crippen LogP contribution >= 0.6 is 35.0 Å². The molecule has 0 fully saturated rings. The molecular formula is C29H22Cl2N4OS. The largest absolute Gasteiger partial charge is 0.322 e. The van der Waals surface area contributed by atoms with Gasteiger partial charge in [0, 0.05) is 32.6 Å². The number of rotatable bonds is 8. The zero-order chi connectivity index (χ0) is 25.6. The minimum Gasteiger partial charge on any atom is -0.322 e. The molecule has 5 nitrogen and oxygen atoms in total. The zero-order valence-electron chi connectivity index (χ0n) is 19.6. The molecule has 184 valence electrons. The maximum Gasteiger partial charge on any atom is 0.255 e. The molecule has 0 aliphatic carbocycles. The second-order valence-electron chi connectivity index (χ2n) is 8.30. The van der Waals surface area contributed by atoms with Crippen molar-refractivity contribution < 1.29 is 4.79 Å². The van der Waals surface area contributed by atoms with Crippen molar-refractivity contribution >= 4 is 46.6 Å². The summed E-state index contributed by atoms with van der Waals surface area (Å²) in [5.41, 5.74) is 4.33. The Balaban J connectivity index is 1.39. The summed E-state index contributed by atoms with van der Waals surface area (Å²) < 4.78 is 2.10. The molecule has 0 atom stereocenters. The van der Waals surface area contributed by atoms with E-state index in [1.807, 2.05) is 72.8 Å². The highest BCUT2D eigenvalue weighted by Crippen LogP contribution is 2.31. The first kappa shape index (κ1) is 25.1. The molecule has 1 amide bonds. The first-order chi connectivity index (χ1) is 18.1. The van der Waals surface area contributed by atoms with Crippen LogP contribution < -0.4 is 5.32 Å². The van der Waals surface area contributed by atoms with Crippen LogP contribution in [0.1, 0.15) is 21.5 Å². The number of hydrogen-bond acceptors (Lipinski definition) is 4. The van der Waals surface area contributed by atoms with Crippen LogP contribution in [-0.4, -0.2) is 20.7 Å². The summed E-state index contributed by atoms with van der Waals surface area (Å²) in [7, 11) is 0. The van der Waals surface area contributed by atoms with Gasteiger partial charge in [0.05, 0.1) is 6.54 Å². The SMILES string of the molecule is O=C(Nc1ccc(-c2nnc(SCc3ccc(Cl)cc3Cl)n2Cc2ccccc2)cc1)c1ccccc1. The van der Waals surface area contributed by atoms with E-state index < -0.39 is 0 Å². The van der Waals surface area contributed by atoms with Crippen LogP contribution in [0.25, 0.3) is 11.4 Å². The van der Waals surface area contributed by atoms with Gasteiger partial charge in [0.25, 0.3) is 5.91 Å². The van der Waals surface area contributed by atoms with Crippen LogP contribution in [0.4, 0.5) is 5.69 Å². The van der Waals surface area contributed by atoms with Crippen molar-refractivity contribution in [2.24, 2.45) is 0 Å². The predicted octanol–water partition coefficient (Wildman–Crippen LogP) is 7.84. The van der Waals surface area contributed by atoms with Crippen LogP contribution in [0.3, 0.4) is 0 Å². The van der Waals surface area contributed by atoms with Gasteiger partial charge in [-0.3, -0.25) is 9.36 Å². The van der Waals surface area contributed by atoms with Crippen LogP contribution in [0.15, 0.2) is 108 Å². The first-order valence-corrected chi connectivity index (χ1v) is 13.3. The molecule has 0 saturated heterocycles. The molecule has 5 rings (SSSR count). The lowest BCUT2D eigenvalue weighted by atomic mass is 10.1. The van der Waals surface area contributed by atoms with Crippen molar-refractivity contribution in [3.05, 3.63) is 130 Å². The van der Waals surface area contributed by atoms with E-state index in [0.717, 1.165) is 27.7 Å². The van der Waals surface area contributed by atoms with Gasteiger partial charge < -0.3 is 5.32 Å². The number of thioether (sulfide) groups is 1. The molecule has 0 aliphatic heterocycles. The fraction of sp³-hybridized carbons (Fsp3) is 0.0690. The van der Waals surface area contributed by atoms with E-state index in [2.05, 4.69) is 32.2 Å². The Morgan fingerprint density at radius 2 is 1.54 bits per heavy atom. The number of nitrogens with zero attached hydrogens (tertiary/aromatic N) is 3. The number of halogens is 2. The maximum absolute atomic E-state index is 12.5. The number of nitrogens with one attached hydrogen (secondary N) is 1. The molecule has 0 aliphatic rings. The van der Waals surface area contributed by atoms with Crippen molar-refractivity contribution in [1.29, 1.82) is 0 Å². The molecule has 8 heteroatoms. The van der Waals surface area contributed by atoms with Gasteiger partial charge in [0.2, 0.25) is 0 Å². The summed E-state index contributed by atoms with van der Waals surface area (Å²) in [6.45, 7) is 0.617. The lowest BCUT2D eigenvalue weighted by Gasteiger charge is -2.12. The van der Waals surface area contributed by atoms with Gasteiger partial charge in [-0.2, -0.15) is 0 Å². The minimum atomic E-state index is -0.153. The van der Waals surface area contributed by atoms with Crippen LogP contribution in [-0.2, 0) is 12.3 Å². The summed E-state index contributed by atoms with van der Waals surface area (Å²) >= 11 is 14.0. The first-order valence-electron chi connectivity index (χ1n) is 11.6. The predicted molar refractivity (Wildman–Crippen MR) is 151 cm³/mol. The Labute approximate surface area is 229 Å². The van der Waals surface area contributed by atoms with Gasteiger partial charge in [-0.1, -0.05) is 89.6 Å². The van der Waals surface area contributed by atoms with Crippen LogP contribution in [0.2, 0.25) is 10.0 Å². The topological polar surface area (TPSA) is 59.8 Å². The summed E-state index contributed by atoms with van der Waals surface area (Å²) in [5, 5.41) is 14.0. The minimum absolute atomic E-state index is 0.153. The lowest BCUT2D eigenvalue weighted by molar-refractivity contribution is 0.102. The highest BCUT2D eigenvalue weighted by molar-refractivity contribution is 7.98. The van der Waals surface area contributed by atoms with Crippen molar-refractivity contribution in [1.82, 2.24) is 14.8 Å². The van der Waals surface area contributed by atoms with Gasteiger partial charge in [-0.05, 0) is 59.7 Å². The molecule has 1 heterocycles. The Kier molecular flexibility index (Phi) is 7.90. The lowest BCUT2D eigenvalue weighted by Crippen LogP contribution is -2.11. The maximum atomic E-state index is 12.5. The third kappa shape index (κ3) is 6.23. The van der Waals surface area contributed by atoms with Crippen molar-refractivity contribution in [2.45, 2.75) is 17.5 Å². The molecule has 1 N–H and O–H groups in total. The Morgan fingerprint density at radius 3 is 2.24 bits per heavy atom. The van der Waals surface area contributed by atoms with Crippen LogP contribution in [0.5, 0.6) is 0 Å². The molecule has 0 unspecified atom stereocenters. The second kappa shape index (κ2) is 11.6. The van der Waals surface area contributed by atoms with E-state index >= 15 is 0 Å². The summed E-state index contributed by atoms with van der Waals surface area (Å²) in [4.78, 5) is 12.5. The average molecular weight is 545 g/mol. The number of aromatic nitrogens is 3. The summed E-state index contributed by atoms with van der Waals surface area (Å²) in [6, 6.07) is 32.5. The number of benzene rings is 4. The average Bonchev–Trinajstić information content (AvgIpc) is 3.32. The van der Waals surface area contributed by atoms with E-state index in [4.69, 9.17) is 23.2 Å². The highest BCUT2D eigenvalue weighted by atomic mass is 35.5. The second-order valence-corrected chi connectivity index (χ2v) is 10.1. The summed E-state index contributed by atoms with van der Waals surface area (Å²) in [5.74, 6) is 1.22. The molecule has 0 spiro atoms. The Bertz CT molecular complexity index is 1510. The van der Waals surface area contributed by atoms with Crippen LogP contribution in [0, 0.1) is 0 Å². The fourth-order valence-electron chi connectivity index (χ4n) is 3.79. The van der Waals surface area contributed by atoms with Gasteiger partial charge >= 0.3 is 0 Å². The third-order valence-electron chi connectivity index (χ3n) is 5.71. The monoisotopic (exact) mass is 544 g/mol. The number of carbonyl (C=O) groups excluding carboxylic acids is 1. The van der Waals surface area contributed by atoms with E-state index in [-0.39, 0.29) is 5.91 Å².